The Morgan fingerprint density at radius 1 is 0.410 bits per heavy atom. The average Bonchev–Trinajstić information content (AvgIpc) is 3.34. The SMILES string of the molecule is Brc1ccc(N(c2ccc(-c3ccccc3)cc2)c2ccc(-n3c4ccccc4c4ccccc43)cc2)cc1. The molecule has 7 aromatic rings. The van der Waals surface area contributed by atoms with Gasteiger partial charge in [0, 0.05) is 38.0 Å². The van der Waals surface area contributed by atoms with Gasteiger partial charge in [0.15, 0.2) is 0 Å². The monoisotopic (exact) mass is 564 g/mol. The molecule has 7 rings (SSSR count). The van der Waals surface area contributed by atoms with Crippen LogP contribution in [-0.4, -0.2) is 4.57 Å². The zero-order valence-corrected chi connectivity index (χ0v) is 22.8. The Morgan fingerprint density at radius 2 is 0.846 bits per heavy atom. The summed E-state index contributed by atoms with van der Waals surface area (Å²) in [5.41, 5.74) is 9.32. The van der Waals surface area contributed by atoms with Crippen LogP contribution in [0.1, 0.15) is 0 Å². The Balaban J connectivity index is 1.32. The third-order valence-corrected chi connectivity index (χ3v) is 7.79. The van der Waals surface area contributed by atoms with Crippen LogP contribution in [0.2, 0.25) is 0 Å². The van der Waals surface area contributed by atoms with Crippen molar-refractivity contribution >= 4 is 54.8 Å². The second-order valence-electron chi connectivity index (χ2n) is 9.61. The van der Waals surface area contributed by atoms with E-state index in [4.69, 9.17) is 0 Å². The van der Waals surface area contributed by atoms with Crippen molar-refractivity contribution in [2.24, 2.45) is 0 Å². The third-order valence-electron chi connectivity index (χ3n) is 7.26. The maximum absolute atomic E-state index is 3.59. The minimum Gasteiger partial charge on any atom is -0.311 e. The van der Waals surface area contributed by atoms with Gasteiger partial charge in [-0.15, -0.1) is 0 Å². The molecule has 0 atom stereocenters. The molecule has 0 spiro atoms. The Labute approximate surface area is 236 Å². The van der Waals surface area contributed by atoms with Crippen LogP contribution in [0.25, 0.3) is 38.6 Å². The topological polar surface area (TPSA) is 8.17 Å². The number of halogens is 1. The van der Waals surface area contributed by atoms with Gasteiger partial charge in [-0.3, -0.25) is 0 Å². The highest BCUT2D eigenvalue weighted by atomic mass is 79.9. The Morgan fingerprint density at radius 3 is 1.41 bits per heavy atom. The van der Waals surface area contributed by atoms with Gasteiger partial charge in [-0.05, 0) is 83.9 Å². The van der Waals surface area contributed by atoms with E-state index in [-0.39, 0.29) is 0 Å². The lowest BCUT2D eigenvalue weighted by molar-refractivity contribution is 1.17. The first kappa shape index (κ1) is 23.5. The summed E-state index contributed by atoms with van der Waals surface area (Å²) in [5, 5.41) is 2.54. The van der Waals surface area contributed by atoms with Crippen molar-refractivity contribution in [3.8, 4) is 16.8 Å². The number of hydrogen-bond donors (Lipinski definition) is 0. The van der Waals surface area contributed by atoms with E-state index in [2.05, 4.69) is 177 Å². The predicted molar refractivity (Wildman–Crippen MR) is 169 cm³/mol. The number of para-hydroxylation sites is 2. The van der Waals surface area contributed by atoms with Crippen LogP contribution in [0.4, 0.5) is 17.1 Å². The molecular formula is C36H25BrN2. The molecule has 0 radical (unpaired) electrons. The van der Waals surface area contributed by atoms with Crippen molar-refractivity contribution in [1.82, 2.24) is 4.57 Å². The van der Waals surface area contributed by atoms with E-state index < -0.39 is 0 Å². The lowest BCUT2D eigenvalue weighted by Gasteiger charge is -2.26. The summed E-state index contributed by atoms with van der Waals surface area (Å²) < 4.78 is 3.42. The lowest BCUT2D eigenvalue weighted by atomic mass is 10.0. The van der Waals surface area contributed by atoms with Crippen LogP contribution in [-0.2, 0) is 0 Å². The van der Waals surface area contributed by atoms with Crippen LogP contribution >= 0.6 is 15.9 Å². The second-order valence-corrected chi connectivity index (χ2v) is 10.5. The number of fused-ring (bicyclic) bond motifs is 3. The quantitative estimate of drug-likeness (QED) is 0.202. The van der Waals surface area contributed by atoms with E-state index in [9.17, 15) is 0 Å². The van der Waals surface area contributed by atoms with Crippen molar-refractivity contribution in [2.45, 2.75) is 0 Å². The predicted octanol–water partition coefficient (Wildman–Crippen LogP) is 10.7. The third kappa shape index (κ3) is 4.31. The summed E-state index contributed by atoms with van der Waals surface area (Å²) in [6.45, 7) is 0. The molecule has 0 aliphatic carbocycles. The highest BCUT2D eigenvalue weighted by Gasteiger charge is 2.15. The van der Waals surface area contributed by atoms with E-state index in [1.807, 2.05) is 0 Å². The van der Waals surface area contributed by atoms with E-state index in [0.717, 1.165) is 27.2 Å². The Hall–Kier alpha value is -4.60. The fraction of sp³-hybridized carbons (Fsp3) is 0. The van der Waals surface area contributed by atoms with Gasteiger partial charge < -0.3 is 9.47 Å². The van der Waals surface area contributed by atoms with Gasteiger partial charge >= 0.3 is 0 Å². The molecule has 1 aromatic heterocycles. The van der Waals surface area contributed by atoms with Gasteiger partial charge in [0.1, 0.15) is 0 Å². The maximum atomic E-state index is 3.59. The molecule has 39 heavy (non-hydrogen) atoms. The molecule has 0 aliphatic rings. The van der Waals surface area contributed by atoms with E-state index >= 15 is 0 Å². The first-order valence-electron chi connectivity index (χ1n) is 13.1. The fourth-order valence-electron chi connectivity index (χ4n) is 5.42. The normalized spacial score (nSPS) is 11.2. The number of rotatable bonds is 5. The van der Waals surface area contributed by atoms with Crippen LogP contribution in [0.3, 0.4) is 0 Å². The van der Waals surface area contributed by atoms with E-state index in [1.165, 1.54) is 32.9 Å². The fourth-order valence-corrected chi connectivity index (χ4v) is 5.69. The van der Waals surface area contributed by atoms with Crippen molar-refractivity contribution in [3.05, 3.63) is 156 Å². The number of nitrogens with zero attached hydrogens (tertiary/aromatic N) is 2. The molecule has 0 saturated heterocycles. The van der Waals surface area contributed by atoms with Crippen LogP contribution < -0.4 is 4.90 Å². The first-order valence-corrected chi connectivity index (χ1v) is 13.9. The zero-order chi connectivity index (χ0) is 26.2. The number of hydrogen-bond acceptors (Lipinski definition) is 1. The van der Waals surface area contributed by atoms with Gasteiger partial charge in [-0.1, -0.05) is 94.8 Å². The summed E-state index contributed by atoms with van der Waals surface area (Å²) in [5.74, 6) is 0. The van der Waals surface area contributed by atoms with Gasteiger partial charge in [-0.25, -0.2) is 0 Å². The van der Waals surface area contributed by atoms with Gasteiger partial charge in [-0.2, -0.15) is 0 Å². The van der Waals surface area contributed by atoms with Crippen molar-refractivity contribution < 1.29 is 0 Å². The summed E-state index contributed by atoms with van der Waals surface area (Å²) >= 11 is 3.59. The van der Waals surface area contributed by atoms with E-state index in [0.29, 0.717) is 0 Å². The Kier molecular flexibility index (Phi) is 5.99. The standard InChI is InChI=1S/C36H25BrN2/c37-28-16-20-30(21-17-28)38(29-18-14-27(15-19-29)26-8-2-1-3-9-26)31-22-24-32(25-23-31)39-35-12-6-4-10-33(35)34-11-5-7-13-36(34)39/h1-25H. The number of aromatic nitrogens is 1. The highest BCUT2D eigenvalue weighted by Crippen LogP contribution is 2.38. The van der Waals surface area contributed by atoms with Gasteiger partial charge in [0.05, 0.1) is 11.0 Å². The molecule has 0 amide bonds. The molecule has 0 unspecified atom stereocenters. The Bertz CT molecular complexity index is 1830. The molecule has 186 valence electrons. The minimum absolute atomic E-state index is 1.06. The second kappa shape index (κ2) is 9.94. The lowest BCUT2D eigenvalue weighted by Crippen LogP contribution is -2.10. The van der Waals surface area contributed by atoms with Crippen LogP contribution in [0, 0.1) is 0 Å². The smallest absolute Gasteiger partial charge is 0.0541 e. The summed E-state index contributed by atoms with van der Waals surface area (Å²) in [7, 11) is 0. The molecule has 0 N–H and O–H groups in total. The first-order chi connectivity index (χ1) is 19.3. The van der Waals surface area contributed by atoms with Crippen LogP contribution in [0.5, 0.6) is 0 Å². The zero-order valence-electron chi connectivity index (χ0n) is 21.2. The average molecular weight is 566 g/mol. The molecule has 3 heteroatoms. The molecule has 0 bridgehead atoms. The van der Waals surface area contributed by atoms with Crippen molar-refractivity contribution in [2.75, 3.05) is 4.90 Å². The number of benzene rings is 6. The molecule has 0 fully saturated rings. The highest BCUT2D eigenvalue weighted by molar-refractivity contribution is 9.10. The maximum Gasteiger partial charge on any atom is 0.0541 e. The van der Waals surface area contributed by atoms with Gasteiger partial charge in [0.25, 0.3) is 0 Å². The molecule has 0 saturated carbocycles. The van der Waals surface area contributed by atoms with E-state index in [1.54, 1.807) is 0 Å². The molecule has 0 aliphatic heterocycles. The summed E-state index contributed by atoms with van der Waals surface area (Å²) in [6, 6.07) is 53.9. The largest absolute Gasteiger partial charge is 0.311 e. The minimum atomic E-state index is 1.06. The molecule has 2 nitrogen and oxygen atoms in total. The van der Waals surface area contributed by atoms with Gasteiger partial charge in [0.2, 0.25) is 0 Å². The summed E-state index contributed by atoms with van der Waals surface area (Å²) in [4.78, 5) is 2.30. The molecule has 6 aromatic carbocycles. The summed E-state index contributed by atoms with van der Waals surface area (Å²) in [6.07, 6.45) is 0. The van der Waals surface area contributed by atoms with Crippen LogP contribution in [0.15, 0.2) is 156 Å². The molecular weight excluding hydrogens is 540 g/mol. The molecule has 1 heterocycles. The van der Waals surface area contributed by atoms with Crippen molar-refractivity contribution in [3.63, 3.8) is 0 Å². The number of anilines is 3. The van der Waals surface area contributed by atoms with Crippen molar-refractivity contribution in [1.29, 1.82) is 0 Å².